The lowest BCUT2D eigenvalue weighted by atomic mass is 10.1. The van der Waals surface area contributed by atoms with Crippen molar-refractivity contribution in [1.82, 2.24) is 5.32 Å². The number of anilines is 2. The summed E-state index contributed by atoms with van der Waals surface area (Å²) in [6.45, 7) is 7.56. The molecule has 0 aromatic heterocycles. The predicted molar refractivity (Wildman–Crippen MR) is 115 cm³/mol. The first kappa shape index (κ1) is 24.7. The van der Waals surface area contributed by atoms with Gasteiger partial charge in [0.2, 0.25) is 0 Å². The molecule has 0 saturated heterocycles. The van der Waals surface area contributed by atoms with Crippen molar-refractivity contribution >= 4 is 31.3 Å². The molecule has 0 heterocycles. The van der Waals surface area contributed by atoms with E-state index in [9.17, 15) is 14.7 Å². The molecule has 6 nitrogen and oxygen atoms in total. The molecular formula is C21H30ClN3O3Si. The van der Waals surface area contributed by atoms with Crippen LogP contribution in [0, 0.1) is 0 Å². The number of para-hydroxylation sites is 1. The topological polar surface area (TPSA) is 106 Å². The maximum Gasteiger partial charge on any atom is 0.337 e. The second kappa shape index (κ2) is 11.0. The minimum atomic E-state index is -1.16. The van der Waals surface area contributed by atoms with Crippen LogP contribution in [0.3, 0.4) is 0 Å². The molecule has 0 aliphatic carbocycles. The number of hydrogen-bond donors (Lipinski definition) is 4. The van der Waals surface area contributed by atoms with Crippen LogP contribution in [0.4, 0.5) is 11.4 Å². The van der Waals surface area contributed by atoms with Crippen molar-refractivity contribution in [3.05, 3.63) is 59.7 Å². The van der Waals surface area contributed by atoms with Crippen molar-refractivity contribution in [2.24, 2.45) is 0 Å². The van der Waals surface area contributed by atoms with Crippen LogP contribution < -0.4 is 28.8 Å². The van der Waals surface area contributed by atoms with Crippen molar-refractivity contribution in [3.63, 3.8) is 0 Å². The highest BCUT2D eigenvalue weighted by Crippen LogP contribution is 2.21. The Bertz CT molecular complexity index is 823. The smallest absolute Gasteiger partial charge is 0.337 e. The van der Waals surface area contributed by atoms with E-state index in [1.807, 2.05) is 24.3 Å². The highest BCUT2D eigenvalue weighted by Gasteiger charge is 2.19. The number of halogens is 1. The summed E-state index contributed by atoms with van der Waals surface area (Å²) < 4.78 is 0. The Hall–Kier alpha value is -2.35. The van der Waals surface area contributed by atoms with E-state index < -0.39 is 14.0 Å². The Morgan fingerprint density at radius 1 is 1.07 bits per heavy atom. The number of carboxylic acid groups (broad SMARTS) is 1. The van der Waals surface area contributed by atoms with E-state index in [-0.39, 0.29) is 29.9 Å². The fourth-order valence-electron chi connectivity index (χ4n) is 2.74. The number of hydrogen-bond acceptors (Lipinski definition) is 3. The standard InChI is InChI=1S/C21H29N3O3Si.ClH/c1-28(2,3)13-12-23-20(25)18(22)14-15-8-10-16(11-9-15)24-19-7-5-4-6-17(19)21(26)27;/h4-11,18,24H,12-14,22H2,1-3H3,(H,23,25)(H,26,27);1H/t18-;/m0./s1. The van der Waals surface area contributed by atoms with Crippen LogP contribution in [0.5, 0.6) is 0 Å². The number of carbonyl (C=O) groups is 2. The number of nitrogens with one attached hydrogen (secondary N) is 2. The lowest BCUT2D eigenvalue weighted by Crippen LogP contribution is -3.00. The van der Waals surface area contributed by atoms with E-state index in [2.05, 4.69) is 36.0 Å². The first-order valence-corrected chi connectivity index (χ1v) is 13.2. The maximum absolute atomic E-state index is 12.2. The highest BCUT2D eigenvalue weighted by molar-refractivity contribution is 6.76. The van der Waals surface area contributed by atoms with Crippen LogP contribution in [-0.4, -0.2) is 37.6 Å². The van der Waals surface area contributed by atoms with Gasteiger partial charge >= 0.3 is 5.97 Å². The van der Waals surface area contributed by atoms with Crippen LogP contribution in [0.1, 0.15) is 15.9 Å². The van der Waals surface area contributed by atoms with E-state index in [1.54, 1.807) is 24.3 Å². The summed E-state index contributed by atoms with van der Waals surface area (Å²) in [6.07, 6.45) is 0.560. The molecule has 0 bridgehead atoms. The molecule has 8 heteroatoms. The summed E-state index contributed by atoms with van der Waals surface area (Å²) in [4.78, 5) is 23.5. The summed E-state index contributed by atoms with van der Waals surface area (Å²) in [5.74, 6) is -0.990. The molecule has 0 aliphatic rings. The molecule has 29 heavy (non-hydrogen) atoms. The highest BCUT2D eigenvalue weighted by atomic mass is 35.5. The Morgan fingerprint density at radius 3 is 2.28 bits per heavy atom. The molecule has 0 aliphatic heterocycles. The molecule has 1 atom stereocenters. The molecule has 0 unspecified atom stereocenters. The van der Waals surface area contributed by atoms with Gasteiger partial charge in [-0.3, -0.25) is 4.79 Å². The van der Waals surface area contributed by atoms with E-state index in [1.165, 1.54) is 0 Å². The van der Waals surface area contributed by atoms with Crippen LogP contribution in [-0.2, 0) is 11.2 Å². The van der Waals surface area contributed by atoms with E-state index in [0.717, 1.165) is 17.3 Å². The molecule has 0 radical (unpaired) electrons. The van der Waals surface area contributed by atoms with Crippen molar-refractivity contribution in [2.45, 2.75) is 38.1 Å². The van der Waals surface area contributed by atoms with Gasteiger partial charge in [-0.2, -0.15) is 0 Å². The second-order valence-electron chi connectivity index (χ2n) is 8.18. The fourth-order valence-corrected chi connectivity index (χ4v) is 3.62. The molecule has 2 rings (SSSR count). The van der Waals surface area contributed by atoms with Crippen LogP contribution in [0.2, 0.25) is 25.7 Å². The predicted octanol–water partition coefficient (Wildman–Crippen LogP) is -0.260. The summed E-state index contributed by atoms with van der Waals surface area (Å²) in [5, 5.41) is 15.4. The zero-order valence-electron chi connectivity index (χ0n) is 17.2. The molecule has 158 valence electrons. The Kier molecular flexibility index (Phi) is 9.36. The summed E-state index contributed by atoms with van der Waals surface area (Å²) >= 11 is 0. The fraction of sp³-hybridized carbons (Fsp3) is 0.333. The third-order valence-corrected chi connectivity index (χ3v) is 6.17. The molecular weight excluding hydrogens is 406 g/mol. The van der Waals surface area contributed by atoms with Crippen LogP contribution in [0.25, 0.3) is 0 Å². The van der Waals surface area contributed by atoms with Gasteiger partial charge < -0.3 is 33.9 Å². The minimum Gasteiger partial charge on any atom is -1.00 e. The number of benzene rings is 2. The monoisotopic (exact) mass is 435 g/mol. The molecule has 2 aromatic rings. The van der Waals surface area contributed by atoms with Gasteiger partial charge in [0, 0.05) is 26.7 Å². The van der Waals surface area contributed by atoms with Crippen LogP contribution >= 0.6 is 0 Å². The van der Waals surface area contributed by atoms with E-state index in [0.29, 0.717) is 18.7 Å². The zero-order chi connectivity index (χ0) is 20.7. The maximum atomic E-state index is 12.2. The number of aromatic carboxylic acids is 1. The van der Waals surface area contributed by atoms with Gasteiger partial charge in [-0.05, 0) is 35.9 Å². The van der Waals surface area contributed by atoms with Gasteiger partial charge in [0.15, 0.2) is 6.04 Å². The number of carboxylic acids is 1. The first-order chi connectivity index (χ1) is 13.2. The Labute approximate surface area is 179 Å². The zero-order valence-corrected chi connectivity index (χ0v) is 18.9. The molecule has 0 fully saturated rings. The third kappa shape index (κ3) is 8.27. The lowest BCUT2D eigenvalue weighted by Gasteiger charge is -2.16. The van der Waals surface area contributed by atoms with E-state index in [4.69, 9.17) is 0 Å². The Morgan fingerprint density at radius 2 is 1.69 bits per heavy atom. The molecule has 0 spiro atoms. The summed E-state index contributed by atoms with van der Waals surface area (Å²) in [7, 11) is -1.16. The lowest BCUT2D eigenvalue weighted by molar-refractivity contribution is -0.403. The van der Waals surface area contributed by atoms with Gasteiger partial charge in [0.05, 0.1) is 11.3 Å². The SMILES string of the molecule is C[Si](C)(C)CCNC(=O)[C@@H]([NH3+])Cc1ccc(Nc2ccccc2C(=O)O)cc1.[Cl-]. The van der Waals surface area contributed by atoms with Crippen molar-refractivity contribution in [1.29, 1.82) is 0 Å². The van der Waals surface area contributed by atoms with Crippen molar-refractivity contribution in [3.8, 4) is 0 Å². The van der Waals surface area contributed by atoms with E-state index >= 15 is 0 Å². The number of rotatable bonds is 9. The quantitative estimate of drug-likeness (QED) is 0.407. The number of quaternary nitrogens is 1. The van der Waals surface area contributed by atoms with Gasteiger partial charge in [-0.25, -0.2) is 4.79 Å². The van der Waals surface area contributed by atoms with Gasteiger partial charge in [-0.15, -0.1) is 0 Å². The van der Waals surface area contributed by atoms with Crippen molar-refractivity contribution in [2.75, 3.05) is 11.9 Å². The average Bonchev–Trinajstić information content (AvgIpc) is 2.62. The van der Waals surface area contributed by atoms with Gasteiger partial charge in [-0.1, -0.05) is 43.9 Å². The second-order valence-corrected chi connectivity index (χ2v) is 13.8. The summed E-state index contributed by atoms with van der Waals surface area (Å²) in [6, 6.07) is 15.1. The molecule has 6 N–H and O–H groups in total. The minimum absolute atomic E-state index is 0. The molecule has 1 amide bonds. The molecule has 2 aromatic carbocycles. The number of amides is 1. The molecule has 0 saturated carbocycles. The van der Waals surface area contributed by atoms with Gasteiger partial charge in [0.25, 0.3) is 5.91 Å². The van der Waals surface area contributed by atoms with Crippen molar-refractivity contribution < 1.29 is 32.8 Å². The first-order valence-electron chi connectivity index (χ1n) is 9.45. The largest absolute Gasteiger partial charge is 1.00 e. The van der Waals surface area contributed by atoms with Gasteiger partial charge in [0.1, 0.15) is 0 Å². The number of carbonyl (C=O) groups excluding carboxylic acids is 1. The normalized spacial score (nSPS) is 11.9. The Balaban J connectivity index is 0.00000420. The average molecular weight is 436 g/mol. The van der Waals surface area contributed by atoms with Crippen LogP contribution in [0.15, 0.2) is 48.5 Å². The summed E-state index contributed by atoms with van der Waals surface area (Å²) in [5.41, 5.74) is 6.55. The third-order valence-electron chi connectivity index (χ3n) is 4.42.